The second kappa shape index (κ2) is 5.32. The van der Waals surface area contributed by atoms with Crippen LogP contribution in [0.15, 0.2) is 18.2 Å². The lowest BCUT2D eigenvalue weighted by Gasteiger charge is -2.12. The van der Waals surface area contributed by atoms with Crippen molar-refractivity contribution in [3.8, 4) is 0 Å². The van der Waals surface area contributed by atoms with E-state index in [9.17, 15) is 14.0 Å². The quantitative estimate of drug-likeness (QED) is 0.705. The van der Waals surface area contributed by atoms with Crippen molar-refractivity contribution in [1.82, 2.24) is 5.32 Å². The van der Waals surface area contributed by atoms with Crippen molar-refractivity contribution in [1.29, 1.82) is 0 Å². The molecular formula is C12H12FIN2O3. The number of carboxylic acids is 1. The largest absolute Gasteiger partial charge is 0.481 e. The van der Waals surface area contributed by atoms with Gasteiger partial charge < -0.3 is 15.7 Å². The summed E-state index contributed by atoms with van der Waals surface area (Å²) in [6.45, 7) is 0.103. The van der Waals surface area contributed by atoms with Gasteiger partial charge >= 0.3 is 12.0 Å². The number of aliphatic carboxylic acids is 1. The maximum Gasteiger partial charge on any atom is 0.319 e. The summed E-state index contributed by atoms with van der Waals surface area (Å²) < 4.78 is 13.5. The van der Waals surface area contributed by atoms with Crippen LogP contribution in [0.4, 0.5) is 14.9 Å². The Morgan fingerprint density at radius 3 is 2.63 bits per heavy atom. The number of rotatable bonds is 4. The molecule has 1 aromatic carbocycles. The molecule has 0 unspecified atom stereocenters. The Morgan fingerprint density at radius 2 is 2.11 bits per heavy atom. The second-order valence-corrected chi connectivity index (χ2v) is 5.68. The lowest BCUT2D eigenvalue weighted by molar-refractivity contribution is -0.143. The molecule has 3 N–H and O–H groups in total. The third-order valence-electron chi connectivity index (χ3n) is 3.07. The van der Waals surface area contributed by atoms with E-state index in [4.69, 9.17) is 5.11 Å². The minimum atomic E-state index is -0.885. The highest BCUT2D eigenvalue weighted by atomic mass is 127. The molecule has 2 amide bonds. The fraction of sp³-hybridized carbons (Fsp3) is 0.333. The van der Waals surface area contributed by atoms with Gasteiger partial charge in [0.05, 0.1) is 11.1 Å². The molecule has 0 spiro atoms. The van der Waals surface area contributed by atoms with Crippen molar-refractivity contribution in [3.63, 3.8) is 0 Å². The Hall–Kier alpha value is -1.38. The summed E-state index contributed by atoms with van der Waals surface area (Å²) in [6, 6.07) is 3.52. The number of nitrogens with one attached hydrogen (secondary N) is 2. The maximum absolute atomic E-state index is 12.9. The number of urea groups is 1. The minimum Gasteiger partial charge on any atom is -0.481 e. The van der Waals surface area contributed by atoms with Crippen molar-refractivity contribution in [2.75, 3.05) is 11.9 Å². The first-order valence-corrected chi connectivity index (χ1v) is 6.74. The average molecular weight is 378 g/mol. The topological polar surface area (TPSA) is 78.4 Å². The summed E-state index contributed by atoms with van der Waals surface area (Å²) in [6.07, 6.45) is 1.16. The molecule has 1 aliphatic rings. The predicted octanol–water partition coefficient (Wildman–Crippen LogP) is 2.42. The summed E-state index contributed by atoms with van der Waals surface area (Å²) in [7, 11) is 0. The van der Waals surface area contributed by atoms with Crippen molar-refractivity contribution in [2.24, 2.45) is 5.41 Å². The number of benzene rings is 1. The van der Waals surface area contributed by atoms with Gasteiger partial charge in [-0.25, -0.2) is 9.18 Å². The van der Waals surface area contributed by atoms with E-state index in [0.717, 1.165) is 0 Å². The van der Waals surface area contributed by atoms with Crippen molar-refractivity contribution >= 4 is 40.3 Å². The zero-order valence-electron chi connectivity index (χ0n) is 9.87. The molecule has 1 aliphatic carbocycles. The van der Waals surface area contributed by atoms with Crippen molar-refractivity contribution in [2.45, 2.75) is 12.8 Å². The zero-order chi connectivity index (χ0) is 14.0. The normalized spacial score (nSPS) is 15.7. The van der Waals surface area contributed by atoms with Crippen LogP contribution in [0.1, 0.15) is 12.8 Å². The van der Waals surface area contributed by atoms with Gasteiger partial charge in [-0.05, 0) is 53.6 Å². The lowest BCUT2D eigenvalue weighted by Crippen LogP contribution is -2.36. The molecule has 2 rings (SSSR count). The van der Waals surface area contributed by atoms with E-state index < -0.39 is 17.4 Å². The number of carboxylic acid groups (broad SMARTS) is 1. The summed E-state index contributed by atoms with van der Waals surface area (Å²) in [4.78, 5) is 22.6. The molecule has 0 bridgehead atoms. The number of hydrogen-bond donors (Lipinski definition) is 3. The van der Waals surface area contributed by atoms with E-state index in [2.05, 4.69) is 10.6 Å². The van der Waals surface area contributed by atoms with Crippen molar-refractivity contribution < 1.29 is 19.1 Å². The number of halogens is 2. The van der Waals surface area contributed by atoms with Gasteiger partial charge in [-0.3, -0.25) is 4.79 Å². The Bertz CT molecular complexity index is 532. The van der Waals surface area contributed by atoms with E-state index in [0.29, 0.717) is 22.1 Å². The standard InChI is InChI=1S/C12H12FIN2O3/c13-7-1-2-9(8(14)5-7)16-11(19)15-6-12(3-4-12)10(17)18/h1-2,5H,3-4,6H2,(H,17,18)(H2,15,16,19). The van der Waals surface area contributed by atoms with Gasteiger partial charge in [-0.1, -0.05) is 0 Å². The van der Waals surface area contributed by atoms with Crippen LogP contribution in [-0.4, -0.2) is 23.7 Å². The van der Waals surface area contributed by atoms with Crippen LogP contribution in [-0.2, 0) is 4.79 Å². The highest BCUT2D eigenvalue weighted by Gasteiger charge is 2.50. The molecule has 102 valence electrons. The van der Waals surface area contributed by atoms with Crippen LogP contribution in [0.25, 0.3) is 0 Å². The smallest absolute Gasteiger partial charge is 0.319 e. The zero-order valence-corrected chi connectivity index (χ0v) is 12.0. The first kappa shape index (κ1) is 14.0. The molecule has 0 saturated heterocycles. The fourth-order valence-electron chi connectivity index (χ4n) is 1.62. The highest BCUT2D eigenvalue weighted by molar-refractivity contribution is 14.1. The molecule has 0 aromatic heterocycles. The van der Waals surface area contributed by atoms with Gasteiger partial charge in [0.2, 0.25) is 0 Å². The van der Waals surface area contributed by atoms with E-state index in [1.165, 1.54) is 18.2 Å². The van der Waals surface area contributed by atoms with Gasteiger partial charge in [0, 0.05) is 10.1 Å². The molecule has 19 heavy (non-hydrogen) atoms. The Balaban J connectivity index is 1.89. The second-order valence-electron chi connectivity index (χ2n) is 4.52. The molecule has 0 heterocycles. The molecule has 0 atom stereocenters. The number of carbonyl (C=O) groups is 2. The lowest BCUT2D eigenvalue weighted by atomic mass is 10.1. The molecule has 7 heteroatoms. The Labute approximate surface area is 122 Å². The minimum absolute atomic E-state index is 0.103. The van der Waals surface area contributed by atoms with Gasteiger partial charge in [-0.15, -0.1) is 0 Å². The molecule has 0 aliphatic heterocycles. The van der Waals surface area contributed by atoms with Crippen LogP contribution >= 0.6 is 22.6 Å². The summed E-state index contributed by atoms with van der Waals surface area (Å²) in [5.41, 5.74) is -0.313. The number of anilines is 1. The predicted molar refractivity (Wildman–Crippen MR) is 75.4 cm³/mol. The fourth-order valence-corrected chi connectivity index (χ4v) is 2.24. The molecule has 0 radical (unpaired) electrons. The third-order valence-corrected chi connectivity index (χ3v) is 3.97. The highest BCUT2D eigenvalue weighted by Crippen LogP contribution is 2.45. The van der Waals surface area contributed by atoms with E-state index in [1.54, 1.807) is 0 Å². The Kier molecular flexibility index (Phi) is 3.93. The summed E-state index contributed by atoms with van der Waals surface area (Å²) in [5.74, 6) is -1.26. The van der Waals surface area contributed by atoms with Gasteiger partial charge in [0.15, 0.2) is 0 Å². The number of hydrogen-bond acceptors (Lipinski definition) is 2. The maximum atomic E-state index is 12.9. The molecule has 1 aromatic rings. The first-order chi connectivity index (χ1) is 8.93. The van der Waals surface area contributed by atoms with E-state index >= 15 is 0 Å². The molecule has 5 nitrogen and oxygen atoms in total. The van der Waals surface area contributed by atoms with Crippen LogP contribution in [0.2, 0.25) is 0 Å². The SMILES string of the molecule is O=C(NCC1(C(=O)O)CC1)Nc1ccc(F)cc1I. The Morgan fingerprint density at radius 1 is 1.42 bits per heavy atom. The van der Waals surface area contributed by atoms with Gasteiger partial charge in [0.1, 0.15) is 5.82 Å². The first-order valence-electron chi connectivity index (χ1n) is 5.66. The van der Waals surface area contributed by atoms with E-state index in [-0.39, 0.29) is 12.4 Å². The number of carbonyl (C=O) groups excluding carboxylic acids is 1. The van der Waals surface area contributed by atoms with Crippen LogP contribution < -0.4 is 10.6 Å². The van der Waals surface area contributed by atoms with E-state index in [1.807, 2.05) is 22.6 Å². The van der Waals surface area contributed by atoms with Crippen LogP contribution in [0, 0.1) is 14.8 Å². The van der Waals surface area contributed by atoms with Crippen LogP contribution in [0.5, 0.6) is 0 Å². The summed E-state index contributed by atoms with van der Waals surface area (Å²) >= 11 is 1.91. The average Bonchev–Trinajstić information content (AvgIpc) is 3.11. The summed E-state index contributed by atoms with van der Waals surface area (Å²) in [5, 5.41) is 14.1. The molecular weight excluding hydrogens is 366 g/mol. The third kappa shape index (κ3) is 3.34. The molecule has 1 fully saturated rings. The van der Waals surface area contributed by atoms with Gasteiger partial charge in [0.25, 0.3) is 0 Å². The monoisotopic (exact) mass is 378 g/mol. The van der Waals surface area contributed by atoms with Gasteiger partial charge in [-0.2, -0.15) is 0 Å². The van der Waals surface area contributed by atoms with Crippen LogP contribution in [0.3, 0.4) is 0 Å². The van der Waals surface area contributed by atoms with Crippen molar-refractivity contribution in [3.05, 3.63) is 27.6 Å². The number of amides is 2. The molecule has 1 saturated carbocycles.